The van der Waals surface area contributed by atoms with Crippen LogP contribution < -0.4 is 0 Å². The number of aromatic amines is 1. The first-order valence-corrected chi connectivity index (χ1v) is 8.75. The largest absolute Gasteiger partial charge is 0.361 e. The van der Waals surface area contributed by atoms with Crippen molar-refractivity contribution in [3.05, 3.63) is 47.2 Å². The van der Waals surface area contributed by atoms with E-state index in [1.165, 1.54) is 5.56 Å². The number of carbonyl (C=O) groups is 1. The summed E-state index contributed by atoms with van der Waals surface area (Å²) in [5.41, 5.74) is 3.37. The first kappa shape index (κ1) is 15.9. The Kier molecular flexibility index (Phi) is 4.03. The van der Waals surface area contributed by atoms with Gasteiger partial charge in [-0.05, 0) is 30.9 Å². The van der Waals surface area contributed by atoms with Gasteiger partial charge in [-0.2, -0.15) is 4.98 Å². The molecular formula is C19H22N4O2. The molecule has 130 valence electrons. The zero-order valence-corrected chi connectivity index (χ0v) is 14.6. The minimum absolute atomic E-state index is 0.160. The predicted octanol–water partition coefficient (Wildman–Crippen LogP) is 3.12. The van der Waals surface area contributed by atoms with E-state index in [4.69, 9.17) is 4.52 Å². The Balaban J connectivity index is 1.49. The average Bonchev–Trinajstić information content (AvgIpc) is 3.23. The number of amides is 1. The van der Waals surface area contributed by atoms with Crippen LogP contribution in [0, 0.1) is 13.8 Å². The molecule has 4 rings (SSSR count). The van der Waals surface area contributed by atoms with E-state index in [0.717, 1.165) is 41.7 Å². The van der Waals surface area contributed by atoms with Gasteiger partial charge in [0.15, 0.2) is 5.82 Å². The van der Waals surface area contributed by atoms with Crippen LogP contribution in [0.5, 0.6) is 0 Å². The number of carbonyl (C=O) groups excluding carboxylic acids is 1. The molecule has 0 radical (unpaired) electrons. The highest BCUT2D eigenvalue weighted by Gasteiger charge is 2.28. The first-order valence-electron chi connectivity index (χ1n) is 8.75. The van der Waals surface area contributed by atoms with Crippen LogP contribution in [0.1, 0.15) is 41.6 Å². The number of hydrogen-bond donors (Lipinski definition) is 1. The molecule has 0 spiro atoms. The van der Waals surface area contributed by atoms with Crippen molar-refractivity contribution >= 4 is 16.8 Å². The van der Waals surface area contributed by atoms with E-state index < -0.39 is 0 Å². The van der Waals surface area contributed by atoms with E-state index in [-0.39, 0.29) is 11.8 Å². The van der Waals surface area contributed by atoms with Crippen LogP contribution in [0.3, 0.4) is 0 Å². The van der Waals surface area contributed by atoms with Crippen molar-refractivity contribution in [1.29, 1.82) is 0 Å². The SMILES string of the molecule is Cc1nc([C@H]2CCCN(C(=O)Cc3c[nH]c4c(C)cccc34)C2)no1. The van der Waals surface area contributed by atoms with Crippen LogP contribution in [-0.2, 0) is 11.2 Å². The molecule has 3 heterocycles. The van der Waals surface area contributed by atoms with Crippen LogP contribution in [0.2, 0.25) is 0 Å². The standard InChI is InChI=1S/C19H22N4O2/c1-12-5-3-7-16-15(10-20-18(12)16)9-17(24)23-8-4-6-14(11-23)19-21-13(2)25-22-19/h3,5,7,10,14,20H,4,6,8-9,11H2,1-2H3/t14-/m0/s1. The summed E-state index contributed by atoms with van der Waals surface area (Å²) in [4.78, 5) is 22.4. The third-order valence-corrected chi connectivity index (χ3v) is 5.03. The Morgan fingerprint density at radius 2 is 2.28 bits per heavy atom. The molecule has 1 saturated heterocycles. The molecule has 1 aliphatic rings. The molecule has 1 atom stereocenters. The van der Waals surface area contributed by atoms with Crippen molar-refractivity contribution < 1.29 is 9.32 Å². The Labute approximate surface area is 146 Å². The average molecular weight is 338 g/mol. The molecule has 1 aliphatic heterocycles. The van der Waals surface area contributed by atoms with Gasteiger partial charge < -0.3 is 14.4 Å². The van der Waals surface area contributed by atoms with Gasteiger partial charge in [0.2, 0.25) is 11.8 Å². The van der Waals surface area contributed by atoms with Gasteiger partial charge in [0, 0.05) is 43.0 Å². The summed E-state index contributed by atoms with van der Waals surface area (Å²) in [6, 6.07) is 6.18. The molecule has 0 bridgehead atoms. The van der Waals surface area contributed by atoms with Crippen LogP contribution in [0.25, 0.3) is 10.9 Å². The van der Waals surface area contributed by atoms with Crippen molar-refractivity contribution in [2.24, 2.45) is 0 Å². The summed E-state index contributed by atoms with van der Waals surface area (Å²) in [5, 5.41) is 5.17. The summed E-state index contributed by atoms with van der Waals surface area (Å²) >= 11 is 0. The zero-order valence-electron chi connectivity index (χ0n) is 14.6. The Morgan fingerprint density at radius 3 is 3.08 bits per heavy atom. The second kappa shape index (κ2) is 6.35. The van der Waals surface area contributed by atoms with Crippen molar-refractivity contribution in [3.8, 4) is 0 Å². The summed E-state index contributed by atoms with van der Waals surface area (Å²) < 4.78 is 5.09. The van der Waals surface area contributed by atoms with Gasteiger partial charge in [-0.3, -0.25) is 4.79 Å². The molecule has 1 aromatic carbocycles. The van der Waals surface area contributed by atoms with E-state index in [2.05, 4.69) is 34.2 Å². The minimum atomic E-state index is 0.160. The molecule has 0 saturated carbocycles. The number of H-pyrrole nitrogens is 1. The molecule has 3 aromatic rings. The van der Waals surface area contributed by atoms with E-state index in [0.29, 0.717) is 18.9 Å². The third-order valence-electron chi connectivity index (χ3n) is 5.03. The lowest BCUT2D eigenvalue weighted by Crippen LogP contribution is -2.40. The van der Waals surface area contributed by atoms with E-state index in [9.17, 15) is 4.79 Å². The molecule has 6 nitrogen and oxygen atoms in total. The van der Waals surface area contributed by atoms with Gasteiger partial charge in [-0.25, -0.2) is 0 Å². The third kappa shape index (κ3) is 3.04. The van der Waals surface area contributed by atoms with Gasteiger partial charge in [-0.1, -0.05) is 23.4 Å². The minimum Gasteiger partial charge on any atom is -0.361 e. The summed E-state index contributed by atoms with van der Waals surface area (Å²) in [7, 11) is 0. The van der Waals surface area contributed by atoms with E-state index >= 15 is 0 Å². The fourth-order valence-corrected chi connectivity index (χ4v) is 3.68. The number of hydrogen-bond acceptors (Lipinski definition) is 4. The lowest BCUT2D eigenvalue weighted by atomic mass is 9.96. The van der Waals surface area contributed by atoms with E-state index in [1.54, 1.807) is 6.92 Å². The van der Waals surface area contributed by atoms with Crippen LogP contribution >= 0.6 is 0 Å². The molecule has 1 N–H and O–H groups in total. The van der Waals surface area contributed by atoms with Gasteiger partial charge >= 0.3 is 0 Å². The zero-order chi connectivity index (χ0) is 17.4. The summed E-state index contributed by atoms with van der Waals surface area (Å²) in [6.07, 6.45) is 4.34. The molecule has 25 heavy (non-hydrogen) atoms. The topological polar surface area (TPSA) is 75.0 Å². The van der Waals surface area contributed by atoms with Crippen LogP contribution in [-0.4, -0.2) is 39.0 Å². The normalized spacial score (nSPS) is 18.0. The number of benzene rings is 1. The van der Waals surface area contributed by atoms with E-state index in [1.807, 2.05) is 17.2 Å². The molecule has 1 amide bonds. The van der Waals surface area contributed by atoms with Crippen LogP contribution in [0.15, 0.2) is 28.9 Å². The maximum absolute atomic E-state index is 12.8. The van der Waals surface area contributed by atoms with Crippen molar-refractivity contribution in [2.75, 3.05) is 13.1 Å². The summed E-state index contributed by atoms with van der Waals surface area (Å²) in [5.74, 6) is 1.62. The smallest absolute Gasteiger partial charge is 0.227 e. The number of para-hydroxylation sites is 1. The second-order valence-electron chi connectivity index (χ2n) is 6.84. The maximum atomic E-state index is 12.8. The fourth-order valence-electron chi connectivity index (χ4n) is 3.68. The Morgan fingerprint density at radius 1 is 1.40 bits per heavy atom. The fraction of sp³-hybridized carbons (Fsp3) is 0.421. The highest BCUT2D eigenvalue weighted by Crippen LogP contribution is 2.26. The van der Waals surface area contributed by atoms with Crippen molar-refractivity contribution in [2.45, 2.75) is 39.0 Å². The predicted molar refractivity (Wildman–Crippen MR) is 94.3 cm³/mol. The number of piperidine rings is 1. The number of fused-ring (bicyclic) bond motifs is 1. The molecule has 2 aromatic heterocycles. The maximum Gasteiger partial charge on any atom is 0.227 e. The number of rotatable bonds is 3. The van der Waals surface area contributed by atoms with Crippen molar-refractivity contribution in [3.63, 3.8) is 0 Å². The molecular weight excluding hydrogens is 316 g/mol. The van der Waals surface area contributed by atoms with Gasteiger partial charge in [0.25, 0.3) is 0 Å². The Hall–Kier alpha value is -2.63. The Bertz CT molecular complexity index is 911. The highest BCUT2D eigenvalue weighted by molar-refractivity contribution is 5.90. The summed E-state index contributed by atoms with van der Waals surface area (Å²) in [6.45, 7) is 5.33. The quantitative estimate of drug-likeness (QED) is 0.796. The number of likely N-dealkylation sites (tertiary alicyclic amines) is 1. The number of nitrogens with zero attached hydrogens (tertiary/aromatic N) is 3. The number of nitrogens with one attached hydrogen (secondary N) is 1. The molecule has 0 aliphatic carbocycles. The van der Waals surface area contributed by atoms with Gasteiger partial charge in [0.05, 0.1) is 6.42 Å². The molecule has 6 heteroatoms. The monoisotopic (exact) mass is 338 g/mol. The second-order valence-corrected chi connectivity index (χ2v) is 6.84. The van der Waals surface area contributed by atoms with Crippen molar-refractivity contribution in [1.82, 2.24) is 20.0 Å². The number of aryl methyl sites for hydroxylation is 2. The number of aromatic nitrogens is 3. The highest BCUT2D eigenvalue weighted by atomic mass is 16.5. The first-order chi connectivity index (χ1) is 12.1. The lowest BCUT2D eigenvalue weighted by molar-refractivity contribution is -0.131. The van der Waals surface area contributed by atoms with Gasteiger partial charge in [0.1, 0.15) is 0 Å². The lowest BCUT2D eigenvalue weighted by Gasteiger charge is -2.31. The molecule has 0 unspecified atom stereocenters. The van der Waals surface area contributed by atoms with Gasteiger partial charge in [-0.15, -0.1) is 0 Å². The van der Waals surface area contributed by atoms with Crippen LogP contribution in [0.4, 0.5) is 0 Å². The molecule has 1 fully saturated rings.